The summed E-state index contributed by atoms with van der Waals surface area (Å²) in [5, 5.41) is 2.11. The highest BCUT2D eigenvalue weighted by Gasteiger charge is 2.32. The maximum absolute atomic E-state index is 12.0. The van der Waals surface area contributed by atoms with E-state index in [4.69, 9.17) is 0 Å². The number of hydrogen-bond acceptors (Lipinski definition) is 4. The van der Waals surface area contributed by atoms with Crippen LogP contribution in [-0.2, 0) is 9.59 Å². The maximum atomic E-state index is 12.0. The molecule has 1 saturated heterocycles. The minimum absolute atomic E-state index is 0.0680. The number of anilines is 1. The number of halogens is 1. The monoisotopic (exact) mass is 351 g/mol. The molecule has 1 aliphatic heterocycles. The van der Waals surface area contributed by atoms with E-state index in [0.717, 1.165) is 15.1 Å². The van der Waals surface area contributed by atoms with Gasteiger partial charge in [0.15, 0.2) is 0 Å². The van der Waals surface area contributed by atoms with Crippen LogP contribution in [0.15, 0.2) is 28.2 Å². The Bertz CT molecular complexity index is 667. The van der Waals surface area contributed by atoms with Gasteiger partial charge in [-0.05, 0) is 39.7 Å². The number of carbonyl (C=O) groups excluding carboxylic acids is 3. The quantitative estimate of drug-likeness (QED) is 0.649. The zero-order valence-corrected chi connectivity index (χ0v) is 13.4. The molecule has 0 saturated carbocycles. The summed E-state index contributed by atoms with van der Waals surface area (Å²) in [5.41, 5.74) is 1.60. The average Bonchev–Trinajstić information content (AvgIpc) is 2.41. The van der Waals surface area contributed by atoms with Crippen LogP contribution in [0, 0.1) is 0 Å². The minimum atomic E-state index is -0.716. The molecular formula is C14H14BrN3O3. The van der Waals surface area contributed by atoms with E-state index < -0.39 is 17.8 Å². The normalized spacial score (nSPS) is 17.2. The van der Waals surface area contributed by atoms with Crippen LogP contribution in [0.3, 0.4) is 0 Å². The van der Waals surface area contributed by atoms with Crippen molar-refractivity contribution in [3.8, 4) is 0 Å². The van der Waals surface area contributed by atoms with Crippen LogP contribution in [0.4, 0.5) is 10.5 Å². The third kappa shape index (κ3) is 2.97. The van der Waals surface area contributed by atoms with Crippen molar-refractivity contribution in [1.29, 1.82) is 0 Å². The Hall–Kier alpha value is -2.15. The number of barbiturate groups is 1. The number of carbonyl (C=O) groups is 3. The van der Waals surface area contributed by atoms with E-state index in [-0.39, 0.29) is 5.57 Å². The van der Waals surface area contributed by atoms with Crippen LogP contribution < -0.4 is 10.2 Å². The Morgan fingerprint density at radius 3 is 2.48 bits per heavy atom. The van der Waals surface area contributed by atoms with Gasteiger partial charge in [0.2, 0.25) is 0 Å². The van der Waals surface area contributed by atoms with E-state index in [2.05, 4.69) is 21.2 Å². The number of amides is 4. The predicted octanol–water partition coefficient (Wildman–Crippen LogP) is 1.61. The SMILES string of the molecule is CN1C(=O)NC(=O)/C(=C/c2ccc(N(C)C)c(Br)c2)C1=O. The predicted molar refractivity (Wildman–Crippen MR) is 82.8 cm³/mol. The van der Waals surface area contributed by atoms with Gasteiger partial charge in [-0.1, -0.05) is 6.07 Å². The van der Waals surface area contributed by atoms with Gasteiger partial charge in [-0.3, -0.25) is 19.8 Å². The first-order chi connectivity index (χ1) is 9.81. The Labute approximate surface area is 130 Å². The number of likely N-dealkylation sites (N-methyl/N-ethyl adjacent to an activating group) is 1. The molecule has 6 nitrogen and oxygen atoms in total. The smallest absolute Gasteiger partial charge is 0.331 e. The van der Waals surface area contributed by atoms with Crippen LogP contribution in [0.1, 0.15) is 5.56 Å². The average molecular weight is 352 g/mol. The lowest BCUT2D eigenvalue weighted by Crippen LogP contribution is -2.52. The van der Waals surface area contributed by atoms with Gasteiger partial charge >= 0.3 is 6.03 Å². The second-order valence-corrected chi connectivity index (χ2v) is 5.64. The van der Waals surface area contributed by atoms with E-state index in [0.29, 0.717) is 5.56 Å². The number of rotatable bonds is 2. The fourth-order valence-corrected chi connectivity index (χ4v) is 2.64. The lowest BCUT2D eigenvalue weighted by molar-refractivity contribution is -0.129. The van der Waals surface area contributed by atoms with Crippen molar-refractivity contribution in [3.63, 3.8) is 0 Å². The van der Waals surface area contributed by atoms with Crippen molar-refractivity contribution in [2.75, 3.05) is 26.0 Å². The van der Waals surface area contributed by atoms with Crippen molar-refractivity contribution in [2.24, 2.45) is 0 Å². The van der Waals surface area contributed by atoms with E-state index in [1.165, 1.54) is 13.1 Å². The Morgan fingerprint density at radius 2 is 1.90 bits per heavy atom. The topological polar surface area (TPSA) is 69.7 Å². The van der Waals surface area contributed by atoms with Crippen LogP contribution in [0.25, 0.3) is 6.08 Å². The lowest BCUT2D eigenvalue weighted by atomic mass is 10.1. The number of urea groups is 1. The molecule has 7 heteroatoms. The first-order valence-electron chi connectivity index (χ1n) is 6.13. The van der Waals surface area contributed by atoms with Crippen molar-refractivity contribution < 1.29 is 14.4 Å². The van der Waals surface area contributed by atoms with Gasteiger partial charge in [0.05, 0.1) is 5.69 Å². The molecule has 1 aromatic rings. The summed E-state index contributed by atoms with van der Waals surface area (Å²) in [5.74, 6) is -1.30. The highest BCUT2D eigenvalue weighted by molar-refractivity contribution is 9.10. The number of imide groups is 2. The van der Waals surface area contributed by atoms with Crippen LogP contribution in [0.2, 0.25) is 0 Å². The second-order valence-electron chi connectivity index (χ2n) is 4.79. The molecule has 110 valence electrons. The van der Waals surface area contributed by atoms with Gasteiger partial charge in [0, 0.05) is 25.6 Å². The van der Waals surface area contributed by atoms with E-state index >= 15 is 0 Å². The molecule has 0 aromatic heterocycles. The molecule has 1 aromatic carbocycles. The number of benzene rings is 1. The minimum Gasteiger partial charge on any atom is -0.377 e. The molecule has 0 spiro atoms. The lowest BCUT2D eigenvalue weighted by Gasteiger charge is -2.22. The van der Waals surface area contributed by atoms with Gasteiger partial charge in [-0.25, -0.2) is 4.79 Å². The molecule has 0 bridgehead atoms. The standard InChI is InChI=1S/C14H14BrN3O3/c1-17(2)11-5-4-8(7-10(11)15)6-9-12(19)16-14(21)18(3)13(9)20/h4-7H,1-3H3,(H,16,19,21)/b9-6-. The van der Waals surface area contributed by atoms with E-state index in [9.17, 15) is 14.4 Å². The zero-order chi connectivity index (χ0) is 15.7. The van der Waals surface area contributed by atoms with Crippen molar-refractivity contribution >= 4 is 45.5 Å². The van der Waals surface area contributed by atoms with Crippen LogP contribution >= 0.6 is 15.9 Å². The molecule has 21 heavy (non-hydrogen) atoms. The highest BCUT2D eigenvalue weighted by Crippen LogP contribution is 2.27. The second kappa shape index (κ2) is 5.69. The fourth-order valence-electron chi connectivity index (χ4n) is 1.89. The zero-order valence-electron chi connectivity index (χ0n) is 11.8. The van der Waals surface area contributed by atoms with Gasteiger partial charge in [-0.2, -0.15) is 0 Å². The summed E-state index contributed by atoms with van der Waals surface area (Å²) in [6.07, 6.45) is 1.46. The van der Waals surface area contributed by atoms with Crippen molar-refractivity contribution in [1.82, 2.24) is 10.2 Å². The molecule has 0 atom stereocenters. The Balaban J connectivity index is 2.39. The summed E-state index contributed by atoms with van der Waals surface area (Å²) in [4.78, 5) is 37.9. The van der Waals surface area contributed by atoms with Gasteiger partial charge in [0.25, 0.3) is 11.8 Å². The van der Waals surface area contributed by atoms with Gasteiger partial charge < -0.3 is 4.90 Å². The first-order valence-corrected chi connectivity index (χ1v) is 6.92. The molecular weight excluding hydrogens is 338 g/mol. The van der Waals surface area contributed by atoms with Crippen LogP contribution in [-0.4, -0.2) is 43.9 Å². The summed E-state index contributed by atoms with van der Waals surface area (Å²) in [6, 6.07) is 4.76. The molecule has 2 rings (SSSR count). The Kier molecular flexibility index (Phi) is 4.13. The molecule has 0 unspecified atom stereocenters. The number of hydrogen-bond donors (Lipinski definition) is 1. The molecule has 0 radical (unpaired) electrons. The summed E-state index contributed by atoms with van der Waals surface area (Å²) >= 11 is 3.44. The summed E-state index contributed by atoms with van der Waals surface area (Å²) < 4.78 is 0.843. The Morgan fingerprint density at radius 1 is 1.24 bits per heavy atom. The van der Waals surface area contributed by atoms with Crippen molar-refractivity contribution in [2.45, 2.75) is 0 Å². The maximum Gasteiger partial charge on any atom is 0.331 e. The molecule has 0 aliphatic carbocycles. The van der Waals surface area contributed by atoms with Crippen LogP contribution in [0.5, 0.6) is 0 Å². The van der Waals surface area contributed by atoms with E-state index in [1.807, 2.05) is 25.1 Å². The van der Waals surface area contributed by atoms with E-state index in [1.54, 1.807) is 12.1 Å². The molecule has 1 heterocycles. The number of nitrogens with zero attached hydrogens (tertiary/aromatic N) is 2. The fraction of sp³-hybridized carbons (Fsp3) is 0.214. The molecule has 1 aliphatic rings. The molecule has 4 amide bonds. The third-order valence-electron chi connectivity index (χ3n) is 3.07. The largest absolute Gasteiger partial charge is 0.377 e. The number of nitrogens with one attached hydrogen (secondary N) is 1. The summed E-state index contributed by atoms with van der Waals surface area (Å²) in [6.45, 7) is 0. The van der Waals surface area contributed by atoms with Gasteiger partial charge in [-0.15, -0.1) is 0 Å². The molecule has 1 N–H and O–H groups in total. The highest BCUT2D eigenvalue weighted by atomic mass is 79.9. The molecule has 1 fully saturated rings. The van der Waals surface area contributed by atoms with Gasteiger partial charge in [0.1, 0.15) is 5.57 Å². The first kappa shape index (κ1) is 15.2. The summed E-state index contributed by atoms with van der Waals surface area (Å²) in [7, 11) is 5.15. The third-order valence-corrected chi connectivity index (χ3v) is 3.70. The van der Waals surface area contributed by atoms with Crippen molar-refractivity contribution in [3.05, 3.63) is 33.8 Å².